The number of aromatic carboxylic acids is 1. The Hall–Kier alpha value is -3.84. The van der Waals surface area contributed by atoms with Gasteiger partial charge in [-0.2, -0.15) is 0 Å². The molecule has 0 radical (unpaired) electrons. The van der Waals surface area contributed by atoms with Crippen molar-refractivity contribution >= 4 is 55.4 Å². The number of carbonyl (C=O) groups excluding carboxylic acids is 1. The maximum atomic E-state index is 11.8. The number of nitrogens with one attached hydrogen (secondary N) is 1. The summed E-state index contributed by atoms with van der Waals surface area (Å²) in [6.45, 7) is 3.46. The molecular weight excluding hydrogens is 584 g/mol. The summed E-state index contributed by atoms with van der Waals surface area (Å²) in [4.78, 5) is 45.2. The van der Waals surface area contributed by atoms with Crippen LogP contribution in [0, 0.1) is 13.8 Å². The zero-order valence-corrected chi connectivity index (χ0v) is 21.7. The van der Waals surface area contributed by atoms with Crippen LogP contribution in [0.15, 0.2) is 70.4 Å². The van der Waals surface area contributed by atoms with E-state index in [1.807, 2.05) is 6.07 Å². The van der Waals surface area contributed by atoms with Gasteiger partial charge in [-0.3, -0.25) is 4.79 Å². The standard InChI is InChI=1S/C11H9BrN4O.C6H6N2O2.C5H5BrN2/c1-7-13-4-8(5-14-7)11(17)16-10-3-2-9(12)6-15-10;1-4-7-2-5(3-8-4)6(9)10;6-4-1-2-5(7)8-3-4/h2-6H,1H3,(H,15,16,17);2-3H,1H3,(H,9,10);1-3H,(H2,7,8). The van der Waals surface area contributed by atoms with Crippen molar-refractivity contribution in [1.82, 2.24) is 29.9 Å². The van der Waals surface area contributed by atoms with Crippen LogP contribution in [0.4, 0.5) is 11.6 Å². The lowest BCUT2D eigenvalue weighted by Crippen LogP contribution is -2.13. The smallest absolute Gasteiger partial charge is 0.338 e. The number of nitrogen functional groups attached to an aromatic ring is 1. The Balaban J connectivity index is 0.000000204. The number of halogens is 2. The maximum Gasteiger partial charge on any atom is 0.338 e. The highest BCUT2D eigenvalue weighted by molar-refractivity contribution is 9.10. The van der Waals surface area contributed by atoms with Crippen molar-refractivity contribution in [3.05, 3.63) is 93.2 Å². The summed E-state index contributed by atoms with van der Waals surface area (Å²) in [7, 11) is 0. The van der Waals surface area contributed by atoms with Crippen LogP contribution in [0.2, 0.25) is 0 Å². The van der Waals surface area contributed by atoms with Crippen LogP contribution in [-0.4, -0.2) is 46.9 Å². The number of aryl methyl sites for hydroxylation is 2. The van der Waals surface area contributed by atoms with Crippen LogP contribution in [0.5, 0.6) is 0 Å². The molecule has 4 N–H and O–H groups in total. The first-order valence-electron chi connectivity index (χ1n) is 9.74. The van der Waals surface area contributed by atoms with Crippen LogP contribution in [0.3, 0.4) is 0 Å². The summed E-state index contributed by atoms with van der Waals surface area (Å²) in [6, 6.07) is 7.09. The van der Waals surface area contributed by atoms with Gasteiger partial charge in [-0.1, -0.05) is 0 Å². The second-order valence-electron chi connectivity index (χ2n) is 6.56. The van der Waals surface area contributed by atoms with Gasteiger partial charge in [0.05, 0.1) is 11.1 Å². The van der Waals surface area contributed by atoms with Gasteiger partial charge < -0.3 is 16.2 Å². The Kier molecular flexibility index (Phi) is 10.8. The number of carbonyl (C=O) groups is 2. The Bertz CT molecular complexity index is 1220. The van der Waals surface area contributed by atoms with E-state index in [1.165, 1.54) is 24.8 Å². The predicted molar refractivity (Wildman–Crippen MR) is 137 cm³/mol. The largest absolute Gasteiger partial charge is 0.478 e. The molecule has 0 aliphatic heterocycles. The van der Waals surface area contributed by atoms with Crippen molar-refractivity contribution in [2.24, 2.45) is 0 Å². The summed E-state index contributed by atoms with van der Waals surface area (Å²) in [5, 5.41) is 11.0. The number of hydrogen-bond acceptors (Lipinski definition) is 9. The highest BCUT2D eigenvalue weighted by Gasteiger charge is 2.07. The van der Waals surface area contributed by atoms with E-state index in [2.05, 4.69) is 67.1 Å². The minimum Gasteiger partial charge on any atom is -0.478 e. The number of carboxylic acids is 1. The summed E-state index contributed by atoms with van der Waals surface area (Å²) >= 11 is 6.50. The van der Waals surface area contributed by atoms with Crippen molar-refractivity contribution in [3.8, 4) is 0 Å². The molecule has 0 saturated heterocycles. The summed E-state index contributed by atoms with van der Waals surface area (Å²) in [5.41, 5.74) is 5.81. The molecule has 0 aliphatic carbocycles. The van der Waals surface area contributed by atoms with E-state index in [-0.39, 0.29) is 11.5 Å². The Morgan fingerprint density at radius 2 is 1.23 bits per heavy atom. The van der Waals surface area contributed by atoms with Gasteiger partial charge in [0.15, 0.2) is 0 Å². The van der Waals surface area contributed by atoms with Crippen LogP contribution in [0.25, 0.3) is 0 Å². The molecule has 13 heteroatoms. The summed E-state index contributed by atoms with van der Waals surface area (Å²) < 4.78 is 1.81. The lowest BCUT2D eigenvalue weighted by Gasteiger charge is -2.03. The number of nitrogens with zero attached hydrogens (tertiary/aromatic N) is 6. The molecule has 11 nitrogen and oxygen atoms in total. The summed E-state index contributed by atoms with van der Waals surface area (Å²) in [5.74, 6) is 0.958. The van der Waals surface area contributed by atoms with Gasteiger partial charge in [-0.15, -0.1) is 0 Å². The monoisotopic (exact) mass is 602 g/mol. The number of amides is 1. The van der Waals surface area contributed by atoms with Gasteiger partial charge in [-0.25, -0.2) is 34.7 Å². The Morgan fingerprint density at radius 1 is 0.743 bits per heavy atom. The lowest BCUT2D eigenvalue weighted by molar-refractivity contribution is 0.0695. The van der Waals surface area contributed by atoms with Gasteiger partial charge >= 0.3 is 5.97 Å². The van der Waals surface area contributed by atoms with Gasteiger partial charge in [-0.05, 0) is 70.0 Å². The van der Waals surface area contributed by atoms with E-state index in [4.69, 9.17) is 10.8 Å². The SMILES string of the molecule is Cc1ncc(C(=O)Nc2ccc(Br)cn2)cn1.Cc1ncc(C(=O)O)cn1.Nc1ccc(Br)cn1. The fourth-order valence-electron chi connectivity index (χ4n) is 2.04. The first kappa shape index (κ1) is 27.4. The van der Waals surface area contributed by atoms with Crippen molar-refractivity contribution in [1.29, 1.82) is 0 Å². The number of anilines is 2. The van der Waals surface area contributed by atoms with Gasteiger partial charge in [0.2, 0.25) is 0 Å². The number of aromatic nitrogens is 6. The van der Waals surface area contributed by atoms with E-state index in [0.717, 1.165) is 8.95 Å². The molecule has 0 aromatic carbocycles. The Morgan fingerprint density at radius 3 is 1.63 bits per heavy atom. The number of pyridine rings is 2. The first-order chi connectivity index (χ1) is 16.6. The van der Waals surface area contributed by atoms with E-state index < -0.39 is 5.97 Å². The number of carboxylic acid groups (broad SMARTS) is 1. The maximum absolute atomic E-state index is 11.8. The van der Waals surface area contributed by atoms with Crippen LogP contribution >= 0.6 is 31.9 Å². The number of nitrogens with two attached hydrogens (primary N) is 1. The average Bonchev–Trinajstić information content (AvgIpc) is 2.84. The highest BCUT2D eigenvalue weighted by atomic mass is 79.9. The molecule has 4 rings (SSSR count). The third-order valence-electron chi connectivity index (χ3n) is 3.79. The second kappa shape index (κ2) is 13.8. The quantitative estimate of drug-likeness (QED) is 0.309. The molecule has 0 spiro atoms. The molecule has 0 bridgehead atoms. The normalized spacial score (nSPS) is 9.60. The second-order valence-corrected chi connectivity index (χ2v) is 8.39. The van der Waals surface area contributed by atoms with Crippen LogP contribution in [-0.2, 0) is 0 Å². The minimum atomic E-state index is -1.000. The average molecular weight is 604 g/mol. The molecule has 0 aliphatic rings. The minimum absolute atomic E-state index is 0.116. The van der Waals surface area contributed by atoms with E-state index >= 15 is 0 Å². The van der Waals surface area contributed by atoms with E-state index in [1.54, 1.807) is 44.4 Å². The van der Waals surface area contributed by atoms with Gasteiger partial charge in [0, 0.05) is 46.1 Å². The molecular formula is C22H20Br2N8O3. The number of hydrogen-bond donors (Lipinski definition) is 3. The fourth-order valence-corrected chi connectivity index (χ4v) is 2.51. The van der Waals surface area contributed by atoms with Crippen LogP contribution < -0.4 is 11.1 Å². The van der Waals surface area contributed by atoms with Crippen LogP contribution in [0.1, 0.15) is 32.4 Å². The predicted octanol–water partition coefficient (Wildman–Crippen LogP) is 4.10. The van der Waals surface area contributed by atoms with Gasteiger partial charge in [0.25, 0.3) is 5.91 Å². The topological polar surface area (TPSA) is 170 Å². The molecule has 1 amide bonds. The lowest BCUT2D eigenvalue weighted by atomic mass is 10.3. The third kappa shape index (κ3) is 10.3. The van der Waals surface area contributed by atoms with Crippen molar-refractivity contribution in [2.75, 3.05) is 11.1 Å². The molecule has 0 fully saturated rings. The molecule has 4 aromatic heterocycles. The third-order valence-corrected chi connectivity index (χ3v) is 4.73. The summed E-state index contributed by atoms with van der Waals surface area (Å²) in [6.07, 6.45) is 8.80. The Labute approximate surface area is 217 Å². The first-order valence-corrected chi connectivity index (χ1v) is 11.3. The molecule has 4 aromatic rings. The molecule has 180 valence electrons. The zero-order valence-electron chi connectivity index (χ0n) is 18.6. The highest BCUT2D eigenvalue weighted by Crippen LogP contribution is 2.11. The molecule has 0 atom stereocenters. The number of rotatable bonds is 3. The van der Waals surface area contributed by atoms with Crippen molar-refractivity contribution < 1.29 is 14.7 Å². The van der Waals surface area contributed by atoms with Crippen molar-refractivity contribution in [2.45, 2.75) is 13.8 Å². The zero-order chi connectivity index (χ0) is 25.8. The van der Waals surface area contributed by atoms with E-state index in [0.29, 0.717) is 28.8 Å². The molecule has 35 heavy (non-hydrogen) atoms. The molecule has 4 heterocycles. The fraction of sp³-hybridized carbons (Fsp3) is 0.0909. The van der Waals surface area contributed by atoms with E-state index in [9.17, 15) is 9.59 Å². The molecule has 0 saturated carbocycles. The van der Waals surface area contributed by atoms with Gasteiger partial charge in [0.1, 0.15) is 23.3 Å². The van der Waals surface area contributed by atoms with Crippen molar-refractivity contribution in [3.63, 3.8) is 0 Å². The molecule has 0 unspecified atom stereocenters.